The first-order chi connectivity index (χ1) is 8.68. The van der Waals surface area contributed by atoms with Crippen molar-refractivity contribution in [3.05, 3.63) is 16.5 Å². The molecule has 104 valence electrons. The lowest BCUT2D eigenvalue weighted by atomic mass is 9.85. The summed E-state index contributed by atoms with van der Waals surface area (Å²) in [6, 6.07) is 1.82. The largest absolute Gasteiger partial charge is 0.505 e. The van der Waals surface area contributed by atoms with Crippen LogP contribution in [0, 0.1) is 6.92 Å². The van der Waals surface area contributed by atoms with Gasteiger partial charge in [-0.05, 0) is 46.2 Å². The zero-order chi connectivity index (χ0) is 14.4. The molecule has 0 spiro atoms. The van der Waals surface area contributed by atoms with Gasteiger partial charge >= 0.3 is 13.1 Å². The maximum Gasteiger partial charge on any atom is 0.505 e. The Morgan fingerprint density at radius 2 is 1.79 bits per heavy atom. The number of methoxy groups -OCH3 is 1. The molecule has 0 saturated carbocycles. The normalized spacial score (nSPS) is 20.6. The summed E-state index contributed by atoms with van der Waals surface area (Å²) in [5.74, 6) is -0.323. The first-order valence-corrected chi connectivity index (χ1v) is 7.04. The predicted octanol–water partition coefficient (Wildman–Crippen LogP) is 2.14. The topological polar surface area (TPSA) is 44.8 Å². The summed E-state index contributed by atoms with van der Waals surface area (Å²) in [4.78, 5) is 12.1. The van der Waals surface area contributed by atoms with Gasteiger partial charge in [0.15, 0.2) is 0 Å². The van der Waals surface area contributed by atoms with Crippen LogP contribution in [0.5, 0.6) is 0 Å². The van der Waals surface area contributed by atoms with Gasteiger partial charge in [-0.15, -0.1) is 11.3 Å². The number of rotatable bonds is 2. The van der Waals surface area contributed by atoms with E-state index in [4.69, 9.17) is 14.0 Å². The molecule has 0 N–H and O–H groups in total. The second-order valence-electron chi connectivity index (χ2n) is 5.74. The summed E-state index contributed by atoms with van der Waals surface area (Å²) in [6.07, 6.45) is 0. The lowest BCUT2D eigenvalue weighted by Gasteiger charge is -2.32. The van der Waals surface area contributed by atoms with E-state index in [0.717, 1.165) is 10.3 Å². The fourth-order valence-electron chi connectivity index (χ4n) is 1.88. The number of carbonyl (C=O) groups excluding carboxylic acids is 1. The Morgan fingerprint density at radius 1 is 1.26 bits per heavy atom. The Bertz CT molecular complexity index is 491. The van der Waals surface area contributed by atoms with Crippen LogP contribution in [-0.4, -0.2) is 31.4 Å². The van der Waals surface area contributed by atoms with E-state index in [1.165, 1.54) is 18.4 Å². The molecule has 1 aromatic rings. The van der Waals surface area contributed by atoms with Crippen LogP contribution in [0.25, 0.3) is 0 Å². The van der Waals surface area contributed by atoms with E-state index < -0.39 is 7.12 Å². The van der Waals surface area contributed by atoms with Crippen LogP contribution >= 0.6 is 11.3 Å². The van der Waals surface area contributed by atoms with Gasteiger partial charge < -0.3 is 14.0 Å². The van der Waals surface area contributed by atoms with E-state index in [9.17, 15) is 4.79 Å². The minimum absolute atomic E-state index is 0.323. The lowest BCUT2D eigenvalue weighted by molar-refractivity contribution is 0.00578. The van der Waals surface area contributed by atoms with Crippen molar-refractivity contribution in [2.45, 2.75) is 45.8 Å². The summed E-state index contributed by atoms with van der Waals surface area (Å²) >= 11 is 1.37. The first kappa shape index (κ1) is 14.6. The second-order valence-corrected chi connectivity index (χ2v) is 6.82. The van der Waals surface area contributed by atoms with Crippen LogP contribution in [0.1, 0.15) is 42.9 Å². The highest BCUT2D eigenvalue weighted by atomic mass is 32.1. The number of aryl methyl sites for hydroxylation is 1. The average Bonchev–Trinajstić information content (AvgIpc) is 2.77. The number of esters is 1. The highest BCUT2D eigenvalue weighted by Gasteiger charge is 2.52. The van der Waals surface area contributed by atoms with Gasteiger partial charge in [0.25, 0.3) is 0 Å². The van der Waals surface area contributed by atoms with Gasteiger partial charge in [-0.25, -0.2) is 4.79 Å². The average molecular weight is 282 g/mol. The molecule has 1 aromatic heterocycles. The molecule has 0 bridgehead atoms. The first-order valence-electron chi connectivity index (χ1n) is 6.22. The molecule has 1 saturated heterocycles. The van der Waals surface area contributed by atoms with Crippen molar-refractivity contribution in [1.29, 1.82) is 0 Å². The van der Waals surface area contributed by atoms with Gasteiger partial charge in [0.2, 0.25) is 0 Å². The summed E-state index contributed by atoms with van der Waals surface area (Å²) in [6.45, 7) is 9.99. The molecule has 0 radical (unpaired) electrons. The third-order valence-electron chi connectivity index (χ3n) is 3.81. The van der Waals surface area contributed by atoms with Gasteiger partial charge in [0.1, 0.15) is 4.88 Å². The van der Waals surface area contributed by atoms with Crippen molar-refractivity contribution in [1.82, 2.24) is 0 Å². The molecule has 4 nitrogen and oxygen atoms in total. The summed E-state index contributed by atoms with van der Waals surface area (Å²) in [7, 11) is 0.958. The molecule has 0 aromatic carbocycles. The van der Waals surface area contributed by atoms with E-state index in [1.807, 2.05) is 40.7 Å². The number of ether oxygens (including phenoxy) is 1. The van der Waals surface area contributed by atoms with Crippen LogP contribution in [0.4, 0.5) is 0 Å². The SMILES string of the molecule is COC(=O)c1cc(C)c(B2OC(C)(C)C(C)(C)O2)s1. The highest BCUT2D eigenvalue weighted by Crippen LogP contribution is 2.37. The molecule has 1 aliphatic heterocycles. The van der Waals surface area contributed by atoms with Gasteiger partial charge in [-0.2, -0.15) is 0 Å². The predicted molar refractivity (Wildman–Crippen MR) is 76.1 cm³/mol. The van der Waals surface area contributed by atoms with Crippen LogP contribution < -0.4 is 4.78 Å². The Balaban J connectivity index is 2.30. The van der Waals surface area contributed by atoms with E-state index in [0.29, 0.717) is 4.88 Å². The molecule has 1 aliphatic rings. The van der Waals surface area contributed by atoms with Crippen molar-refractivity contribution < 1.29 is 18.8 Å². The molecule has 0 aliphatic carbocycles. The Hall–Kier alpha value is -0.845. The fraction of sp³-hybridized carbons (Fsp3) is 0.615. The van der Waals surface area contributed by atoms with E-state index in [-0.39, 0.29) is 17.2 Å². The van der Waals surface area contributed by atoms with Crippen LogP contribution in [0.3, 0.4) is 0 Å². The Kier molecular flexibility index (Phi) is 3.54. The maximum atomic E-state index is 11.6. The Labute approximate surface area is 118 Å². The smallest absolute Gasteiger partial charge is 0.465 e. The quantitative estimate of drug-likeness (QED) is 0.616. The lowest BCUT2D eigenvalue weighted by Crippen LogP contribution is -2.41. The van der Waals surface area contributed by atoms with E-state index in [1.54, 1.807) is 0 Å². The highest BCUT2D eigenvalue weighted by molar-refractivity contribution is 7.24. The molecule has 0 unspecified atom stereocenters. The summed E-state index contributed by atoms with van der Waals surface area (Å²) in [5.41, 5.74) is 0.239. The number of thiophene rings is 1. The standard InChI is InChI=1S/C13H19BO4S/c1-8-7-9(11(15)16-6)19-10(8)14-17-12(2,3)13(4,5)18-14/h7H,1-6H3. The number of carbonyl (C=O) groups is 1. The molecule has 2 heterocycles. The summed E-state index contributed by atoms with van der Waals surface area (Å²) < 4.78 is 17.7. The third-order valence-corrected chi connectivity index (χ3v) is 5.05. The molecular weight excluding hydrogens is 263 g/mol. The van der Waals surface area contributed by atoms with Gasteiger partial charge in [0, 0.05) is 4.78 Å². The van der Waals surface area contributed by atoms with Crippen molar-refractivity contribution in [2.24, 2.45) is 0 Å². The Morgan fingerprint density at radius 3 is 2.26 bits per heavy atom. The molecule has 6 heteroatoms. The van der Waals surface area contributed by atoms with Gasteiger partial charge in [0.05, 0.1) is 18.3 Å². The third kappa shape index (κ3) is 2.44. The second kappa shape index (κ2) is 4.61. The zero-order valence-electron chi connectivity index (χ0n) is 12.2. The molecule has 0 atom stereocenters. The minimum atomic E-state index is -0.423. The van der Waals surface area contributed by atoms with Crippen molar-refractivity contribution in [3.63, 3.8) is 0 Å². The molecule has 2 rings (SSSR count). The summed E-state index contributed by atoms with van der Waals surface area (Å²) in [5, 5.41) is 0. The van der Waals surface area contributed by atoms with E-state index in [2.05, 4.69) is 0 Å². The van der Waals surface area contributed by atoms with Crippen LogP contribution in [0.15, 0.2) is 6.07 Å². The molecule has 19 heavy (non-hydrogen) atoms. The van der Waals surface area contributed by atoms with Crippen LogP contribution in [0.2, 0.25) is 0 Å². The van der Waals surface area contributed by atoms with E-state index >= 15 is 0 Å². The molecule has 1 fully saturated rings. The van der Waals surface area contributed by atoms with Gasteiger partial charge in [-0.3, -0.25) is 0 Å². The van der Waals surface area contributed by atoms with Crippen molar-refractivity contribution in [2.75, 3.05) is 7.11 Å². The fourth-order valence-corrected chi connectivity index (χ4v) is 2.93. The number of hydrogen-bond acceptors (Lipinski definition) is 5. The molecule has 0 amide bonds. The number of hydrogen-bond donors (Lipinski definition) is 0. The molecular formula is C13H19BO4S. The maximum absolute atomic E-state index is 11.6. The van der Waals surface area contributed by atoms with Crippen molar-refractivity contribution >= 4 is 29.2 Å². The van der Waals surface area contributed by atoms with Crippen molar-refractivity contribution in [3.8, 4) is 0 Å². The monoisotopic (exact) mass is 282 g/mol. The zero-order valence-corrected chi connectivity index (χ0v) is 13.0. The van der Waals surface area contributed by atoms with Crippen LogP contribution in [-0.2, 0) is 14.0 Å². The van der Waals surface area contributed by atoms with Gasteiger partial charge in [-0.1, -0.05) is 0 Å². The minimum Gasteiger partial charge on any atom is -0.465 e.